The van der Waals surface area contributed by atoms with Crippen LogP contribution in [0.2, 0.25) is 0 Å². The summed E-state index contributed by atoms with van der Waals surface area (Å²) in [4.78, 5) is 14.0. The zero-order chi connectivity index (χ0) is 14.5. The van der Waals surface area contributed by atoms with E-state index in [0.717, 1.165) is 19.3 Å². The van der Waals surface area contributed by atoms with Gasteiger partial charge in [0.1, 0.15) is 0 Å². The molecule has 0 aromatic rings. The number of nitrogens with zero attached hydrogens (tertiary/aromatic N) is 1. The fourth-order valence-corrected chi connectivity index (χ4v) is 4.36. The van der Waals surface area contributed by atoms with Crippen molar-refractivity contribution in [3.63, 3.8) is 0 Å². The van der Waals surface area contributed by atoms with Gasteiger partial charge in [0.15, 0.2) is 0 Å². The fourth-order valence-electron chi connectivity index (χ4n) is 4.36. The number of hydrogen-bond acceptors (Lipinski definition) is 2. The number of amides is 1. The van der Waals surface area contributed by atoms with Crippen molar-refractivity contribution in [3.05, 3.63) is 0 Å². The highest BCUT2D eigenvalue weighted by Gasteiger charge is 2.51. The van der Waals surface area contributed by atoms with Crippen molar-refractivity contribution in [2.45, 2.75) is 44.3 Å². The fraction of sp³-hybridized carbons (Fsp3) is 0.929. The molecular weight excluding hydrogens is 305 g/mol. The van der Waals surface area contributed by atoms with Gasteiger partial charge in [-0.2, -0.15) is 13.2 Å². The van der Waals surface area contributed by atoms with Gasteiger partial charge in [-0.3, -0.25) is 4.79 Å². The molecule has 3 fully saturated rings. The molecule has 2 bridgehead atoms. The summed E-state index contributed by atoms with van der Waals surface area (Å²) in [6, 6.07) is -0.146. The largest absolute Gasteiger partial charge is 0.393 e. The van der Waals surface area contributed by atoms with Crippen molar-refractivity contribution >= 4 is 18.3 Å². The van der Waals surface area contributed by atoms with Gasteiger partial charge in [-0.25, -0.2) is 0 Å². The number of hydrogen-bond donors (Lipinski definition) is 1. The lowest BCUT2D eigenvalue weighted by Crippen LogP contribution is -2.51. The van der Waals surface area contributed by atoms with Crippen LogP contribution in [0.1, 0.15) is 32.1 Å². The number of carbonyl (C=O) groups excluding carboxylic acids is 1. The Hall–Kier alpha value is -0.490. The summed E-state index contributed by atoms with van der Waals surface area (Å²) in [7, 11) is 0. The molecule has 0 spiro atoms. The maximum atomic E-state index is 12.8. The van der Waals surface area contributed by atoms with E-state index in [1.165, 1.54) is 4.90 Å². The summed E-state index contributed by atoms with van der Waals surface area (Å²) < 4.78 is 38.5. The second-order valence-electron chi connectivity index (χ2n) is 6.60. The zero-order valence-electron chi connectivity index (χ0n) is 11.8. The summed E-state index contributed by atoms with van der Waals surface area (Å²) in [6.45, 7) is 0.273. The maximum Gasteiger partial charge on any atom is 0.393 e. The molecule has 5 unspecified atom stereocenters. The van der Waals surface area contributed by atoms with Crippen LogP contribution in [-0.4, -0.2) is 36.1 Å². The second kappa shape index (κ2) is 5.95. The number of nitrogens with two attached hydrogens (primary N) is 1. The molecule has 1 saturated heterocycles. The second-order valence-corrected chi connectivity index (χ2v) is 6.60. The Morgan fingerprint density at radius 2 is 1.81 bits per heavy atom. The minimum absolute atomic E-state index is 0. The van der Waals surface area contributed by atoms with E-state index < -0.39 is 12.1 Å². The first-order valence-electron chi connectivity index (χ1n) is 7.49. The molecule has 5 atom stereocenters. The molecule has 0 aromatic carbocycles. The third kappa shape index (κ3) is 3.02. The van der Waals surface area contributed by atoms with E-state index in [4.69, 9.17) is 5.73 Å². The van der Waals surface area contributed by atoms with Crippen LogP contribution in [0.3, 0.4) is 0 Å². The molecule has 21 heavy (non-hydrogen) atoms. The predicted molar refractivity (Wildman–Crippen MR) is 74.9 cm³/mol. The molecule has 1 aliphatic heterocycles. The van der Waals surface area contributed by atoms with E-state index in [1.807, 2.05) is 0 Å². The van der Waals surface area contributed by atoms with Crippen molar-refractivity contribution < 1.29 is 18.0 Å². The van der Waals surface area contributed by atoms with E-state index in [9.17, 15) is 18.0 Å². The minimum Gasteiger partial charge on any atom is -0.342 e. The van der Waals surface area contributed by atoms with Crippen LogP contribution < -0.4 is 5.73 Å². The molecule has 3 rings (SSSR count). The number of piperidine rings is 1. The topological polar surface area (TPSA) is 46.3 Å². The molecule has 0 aromatic heterocycles. The van der Waals surface area contributed by atoms with Gasteiger partial charge in [-0.1, -0.05) is 0 Å². The van der Waals surface area contributed by atoms with E-state index >= 15 is 0 Å². The highest BCUT2D eigenvalue weighted by atomic mass is 35.5. The molecular formula is C14H22ClF3N2O. The number of halogens is 4. The zero-order valence-corrected chi connectivity index (χ0v) is 12.6. The Morgan fingerprint density at radius 3 is 2.38 bits per heavy atom. The monoisotopic (exact) mass is 326 g/mol. The molecule has 0 radical (unpaired) electrons. The lowest BCUT2D eigenvalue weighted by atomic mass is 9.83. The van der Waals surface area contributed by atoms with Crippen LogP contribution in [0.25, 0.3) is 0 Å². The van der Waals surface area contributed by atoms with E-state index in [2.05, 4.69) is 0 Å². The number of fused-ring (bicyclic) bond motifs is 2. The highest BCUT2D eigenvalue weighted by molar-refractivity contribution is 5.85. The van der Waals surface area contributed by atoms with Crippen molar-refractivity contribution in [2.75, 3.05) is 13.1 Å². The van der Waals surface area contributed by atoms with Gasteiger partial charge >= 0.3 is 6.18 Å². The Morgan fingerprint density at radius 1 is 1.14 bits per heavy atom. The van der Waals surface area contributed by atoms with Crippen molar-refractivity contribution in [2.24, 2.45) is 29.4 Å². The Kier molecular flexibility index (Phi) is 4.78. The van der Waals surface area contributed by atoms with Crippen molar-refractivity contribution in [3.8, 4) is 0 Å². The van der Waals surface area contributed by atoms with Crippen molar-refractivity contribution in [1.29, 1.82) is 0 Å². The van der Waals surface area contributed by atoms with Gasteiger partial charge in [0.05, 0.1) is 11.8 Å². The first kappa shape index (κ1) is 16.9. The molecule has 122 valence electrons. The molecule has 3 nitrogen and oxygen atoms in total. The summed E-state index contributed by atoms with van der Waals surface area (Å²) in [6.07, 6.45) is -0.571. The highest BCUT2D eigenvalue weighted by Crippen LogP contribution is 2.48. The number of likely N-dealkylation sites (tertiary alicyclic amines) is 1. The number of alkyl halides is 3. The van der Waals surface area contributed by atoms with Crippen LogP contribution in [0.5, 0.6) is 0 Å². The Bertz CT molecular complexity index is 402. The van der Waals surface area contributed by atoms with Crippen LogP contribution in [0.4, 0.5) is 13.2 Å². The maximum absolute atomic E-state index is 12.8. The van der Waals surface area contributed by atoms with Crippen LogP contribution in [0, 0.1) is 23.7 Å². The first-order chi connectivity index (χ1) is 9.38. The third-order valence-corrected chi connectivity index (χ3v) is 5.46. The van der Waals surface area contributed by atoms with Gasteiger partial charge < -0.3 is 10.6 Å². The summed E-state index contributed by atoms with van der Waals surface area (Å²) in [5.41, 5.74) is 6.12. The van der Waals surface area contributed by atoms with E-state index in [-0.39, 0.29) is 43.2 Å². The Labute approximate surface area is 128 Å². The SMILES string of the molecule is Cl.NC1C2CCC(C2)C1C(=O)N1CCCC(C(F)(F)F)C1. The van der Waals surface area contributed by atoms with Crippen LogP contribution in [-0.2, 0) is 4.79 Å². The van der Waals surface area contributed by atoms with Crippen LogP contribution >= 0.6 is 12.4 Å². The average molecular weight is 327 g/mol. The minimum atomic E-state index is -4.20. The van der Waals surface area contributed by atoms with Gasteiger partial charge in [0, 0.05) is 19.1 Å². The summed E-state index contributed by atoms with van der Waals surface area (Å²) >= 11 is 0. The van der Waals surface area contributed by atoms with Crippen LogP contribution in [0.15, 0.2) is 0 Å². The quantitative estimate of drug-likeness (QED) is 0.805. The summed E-state index contributed by atoms with van der Waals surface area (Å²) in [5, 5.41) is 0. The smallest absolute Gasteiger partial charge is 0.342 e. The first-order valence-corrected chi connectivity index (χ1v) is 7.49. The molecule has 2 N–H and O–H groups in total. The molecule has 1 heterocycles. The normalized spacial score (nSPS) is 39.2. The average Bonchev–Trinajstić information content (AvgIpc) is 2.98. The lowest BCUT2D eigenvalue weighted by molar-refractivity contribution is -0.189. The number of rotatable bonds is 1. The third-order valence-electron chi connectivity index (χ3n) is 5.46. The lowest BCUT2D eigenvalue weighted by Gasteiger charge is -2.38. The van der Waals surface area contributed by atoms with Gasteiger partial charge in [0.25, 0.3) is 0 Å². The molecule has 2 saturated carbocycles. The molecule has 7 heteroatoms. The van der Waals surface area contributed by atoms with Gasteiger partial charge in [-0.05, 0) is 43.9 Å². The summed E-state index contributed by atoms with van der Waals surface area (Å²) in [5.74, 6) is -1.03. The van der Waals surface area contributed by atoms with Gasteiger partial charge in [0.2, 0.25) is 5.91 Å². The molecule has 1 amide bonds. The van der Waals surface area contributed by atoms with Crippen molar-refractivity contribution in [1.82, 2.24) is 4.90 Å². The van der Waals surface area contributed by atoms with Gasteiger partial charge in [-0.15, -0.1) is 12.4 Å². The Balaban J connectivity index is 0.00000161. The molecule has 3 aliphatic rings. The van der Waals surface area contributed by atoms with E-state index in [1.54, 1.807) is 0 Å². The predicted octanol–water partition coefficient (Wildman–Crippen LogP) is 2.58. The van der Waals surface area contributed by atoms with E-state index in [0.29, 0.717) is 24.8 Å². The number of carbonyl (C=O) groups is 1. The molecule has 2 aliphatic carbocycles. The standard InChI is InChI=1S/C14H21F3N2O.ClH/c15-14(16,17)10-2-1-5-19(7-10)13(20)11-8-3-4-9(6-8)12(11)18;/h8-12H,1-7,18H2;1H.